The Labute approximate surface area is 180 Å². The number of hydrogen-bond acceptors (Lipinski definition) is 4. The van der Waals surface area contributed by atoms with Gasteiger partial charge in [0, 0.05) is 35.6 Å². The highest BCUT2D eigenvalue weighted by Gasteiger charge is 2.28. The van der Waals surface area contributed by atoms with Gasteiger partial charge in [-0.05, 0) is 31.9 Å². The lowest BCUT2D eigenvalue weighted by Crippen LogP contribution is -2.43. The Morgan fingerprint density at radius 1 is 1.00 bits per heavy atom. The summed E-state index contributed by atoms with van der Waals surface area (Å²) < 4.78 is 0. The Morgan fingerprint density at radius 2 is 1.70 bits per heavy atom. The molecule has 2 aromatic carbocycles. The van der Waals surface area contributed by atoms with E-state index in [-0.39, 0.29) is 17.9 Å². The lowest BCUT2D eigenvalue weighted by atomic mass is 9.96. The van der Waals surface area contributed by atoms with E-state index in [2.05, 4.69) is 27.8 Å². The van der Waals surface area contributed by atoms with Crippen LogP contribution in [0.2, 0.25) is 0 Å². The molecule has 0 saturated carbocycles. The summed E-state index contributed by atoms with van der Waals surface area (Å²) in [6.07, 6.45) is 1.29. The van der Waals surface area contributed by atoms with Crippen molar-refractivity contribution in [3.63, 3.8) is 0 Å². The molecule has 1 saturated heterocycles. The number of benzene rings is 2. The van der Waals surface area contributed by atoms with Crippen molar-refractivity contribution in [2.24, 2.45) is 5.92 Å². The second-order valence-corrected chi connectivity index (χ2v) is 8.31. The molecule has 3 amide bonds. The predicted molar refractivity (Wildman–Crippen MR) is 121 cm³/mol. The van der Waals surface area contributed by atoms with Gasteiger partial charge < -0.3 is 15.5 Å². The van der Waals surface area contributed by atoms with Gasteiger partial charge in [-0.2, -0.15) is 0 Å². The zero-order valence-electron chi connectivity index (χ0n) is 16.8. The average Bonchev–Trinajstić information content (AvgIpc) is 3.23. The summed E-state index contributed by atoms with van der Waals surface area (Å²) in [5, 5.41) is 8.41. The molecule has 1 aliphatic heterocycles. The van der Waals surface area contributed by atoms with Crippen LogP contribution in [0, 0.1) is 12.8 Å². The fraction of sp³-hybridized carbons (Fsp3) is 0.261. The van der Waals surface area contributed by atoms with E-state index >= 15 is 0 Å². The monoisotopic (exact) mass is 420 g/mol. The highest BCUT2D eigenvalue weighted by molar-refractivity contribution is 7.14. The first-order chi connectivity index (χ1) is 14.6. The SMILES string of the molecule is Cc1ccc(-c2csc(NC(=O)C3CCN(C(=O)Nc4ccccc4)CC3)n2)cc1. The quantitative estimate of drug-likeness (QED) is 0.624. The van der Waals surface area contributed by atoms with Crippen LogP contribution in [-0.4, -0.2) is 34.9 Å². The molecule has 6 nitrogen and oxygen atoms in total. The number of aryl methyl sites for hydroxylation is 1. The van der Waals surface area contributed by atoms with E-state index in [1.807, 2.05) is 54.8 Å². The van der Waals surface area contributed by atoms with E-state index in [0.717, 1.165) is 16.9 Å². The molecular formula is C23H24N4O2S. The molecule has 1 aliphatic rings. The lowest BCUT2D eigenvalue weighted by molar-refractivity contribution is -0.121. The minimum absolute atomic E-state index is 0.0251. The predicted octanol–water partition coefficient (Wildman–Crippen LogP) is 5.00. The minimum atomic E-state index is -0.122. The van der Waals surface area contributed by atoms with E-state index in [9.17, 15) is 9.59 Å². The maximum atomic E-state index is 12.7. The number of hydrogen-bond donors (Lipinski definition) is 2. The molecule has 0 spiro atoms. The topological polar surface area (TPSA) is 74.3 Å². The Hall–Kier alpha value is -3.19. The number of carbonyl (C=O) groups is 2. The van der Waals surface area contributed by atoms with Gasteiger partial charge in [-0.1, -0.05) is 48.0 Å². The number of rotatable bonds is 4. The van der Waals surface area contributed by atoms with Crippen LogP contribution >= 0.6 is 11.3 Å². The molecule has 0 bridgehead atoms. The maximum Gasteiger partial charge on any atom is 0.321 e. The van der Waals surface area contributed by atoms with Gasteiger partial charge in [0.1, 0.15) is 0 Å². The molecular weight excluding hydrogens is 396 g/mol. The molecule has 2 N–H and O–H groups in total. The van der Waals surface area contributed by atoms with E-state index in [0.29, 0.717) is 31.1 Å². The van der Waals surface area contributed by atoms with E-state index in [1.54, 1.807) is 4.90 Å². The second-order valence-electron chi connectivity index (χ2n) is 7.45. The Morgan fingerprint density at radius 3 is 2.40 bits per heavy atom. The second kappa shape index (κ2) is 9.09. The zero-order chi connectivity index (χ0) is 20.9. The van der Waals surface area contributed by atoms with Crippen LogP contribution in [0.15, 0.2) is 60.0 Å². The Bertz CT molecular complexity index is 1010. The molecule has 3 aromatic rings. The highest BCUT2D eigenvalue weighted by Crippen LogP contribution is 2.26. The molecule has 2 heterocycles. The van der Waals surface area contributed by atoms with Crippen LogP contribution in [0.25, 0.3) is 11.3 Å². The number of nitrogens with zero attached hydrogens (tertiary/aromatic N) is 2. The smallest absolute Gasteiger partial charge is 0.321 e. The third kappa shape index (κ3) is 4.86. The van der Waals surface area contributed by atoms with Crippen LogP contribution in [0.5, 0.6) is 0 Å². The van der Waals surface area contributed by atoms with Gasteiger partial charge in [0.2, 0.25) is 5.91 Å². The summed E-state index contributed by atoms with van der Waals surface area (Å²) in [5.41, 5.74) is 3.87. The van der Waals surface area contributed by atoms with Crippen molar-refractivity contribution in [2.45, 2.75) is 19.8 Å². The molecule has 0 atom stereocenters. The average molecular weight is 421 g/mol. The van der Waals surface area contributed by atoms with Crippen LogP contribution in [0.1, 0.15) is 18.4 Å². The number of amides is 3. The molecule has 154 valence electrons. The van der Waals surface area contributed by atoms with Gasteiger partial charge in [-0.25, -0.2) is 9.78 Å². The van der Waals surface area contributed by atoms with Gasteiger partial charge in [0.15, 0.2) is 5.13 Å². The molecule has 1 aromatic heterocycles. The molecule has 0 radical (unpaired) electrons. The number of anilines is 2. The van der Waals surface area contributed by atoms with Crippen molar-refractivity contribution >= 4 is 34.1 Å². The van der Waals surface area contributed by atoms with Crippen molar-refractivity contribution in [3.05, 3.63) is 65.5 Å². The van der Waals surface area contributed by atoms with Gasteiger partial charge in [0.25, 0.3) is 0 Å². The zero-order valence-corrected chi connectivity index (χ0v) is 17.6. The summed E-state index contributed by atoms with van der Waals surface area (Å²) >= 11 is 1.43. The molecule has 30 heavy (non-hydrogen) atoms. The van der Waals surface area contributed by atoms with Crippen molar-refractivity contribution in [2.75, 3.05) is 23.7 Å². The Kier molecular flexibility index (Phi) is 6.09. The third-order valence-electron chi connectivity index (χ3n) is 5.26. The molecule has 0 aliphatic carbocycles. The standard InChI is InChI=1S/C23H24N4O2S/c1-16-7-9-17(10-8-16)20-15-30-22(25-20)26-21(28)18-11-13-27(14-12-18)23(29)24-19-5-3-2-4-6-19/h2-10,15,18H,11-14H2,1H3,(H,24,29)(H,25,26,28). The third-order valence-corrected chi connectivity index (χ3v) is 6.02. The molecule has 1 fully saturated rings. The fourth-order valence-electron chi connectivity index (χ4n) is 3.46. The normalized spacial score (nSPS) is 14.4. The number of piperidine rings is 1. The largest absolute Gasteiger partial charge is 0.324 e. The molecule has 0 unspecified atom stereocenters. The van der Waals surface area contributed by atoms with Gasteiger partial charge in [-0.3, -0.25) is 4.79 Å². The van der Waals surface area contributed by atoms with Crippen molar-refractivity contribution in [3.8, 4) is 11.3 Å². The first kappa shape index (κ1) is 20.1. The van der Waals surface area contributed by atoms with Crippen LogP contribution in [0.3, 0.4) is 0 Å². The lowest BCUT2D eigenvalue weighted by Gasteiger charge is -2.31. The summed E-state index contributed by atoms with van der Waals surface area (Å²) in [4.78, 5) is 31.4. The number of thiazole rings is 1. The number of urea groups is 1. The number of para-hydroxylation sites is 1. The highest BCUT2D eigenvalue weighted by atomic mass is 32.1. The number of carbonyl (C=O) groups excluding carboxylic acids is 2. The summed E-state index contributed by atoms with van der Waals surface area (Å²) in [6.45, 7) is 3.17. The first-order valence-corrected chi connectivity index (χ1v) is 10.9. The van der Waals surface area contributed by atoms with E-state index in [1.165, 1.54) is 16.9 Å². The van der Waals surface area contributed by atoms with Crippen LogP contribution in [-0.2, 0) is 4.79 Å². The van der Waals surface area contributed by atoms with Crippen LogP contribution in [0.4, 0.5) is 15.6 Å². The Balaban J connectivity index is 1.28. The minimum Gasteiger partial charge on any atom is -0.324 e. The summed E-state index contributed by atoms with van der Waals surface area (Å²) in [5.74, 6) is -0.138. The number of likely N-dealkylation sites (tertiary alicyclic amines) is 1. The van der Waals surface area contributed by atoms with Crippen molar-refractivity contribution < 1.29 is 9.59 Å². The number of aromatic nitrogens is 1. The fourth-order valence-corrected chi connectivity index (χ4v) is 4.19. The van der Waals surface area contributed by atoms with E-state index < -0.39 is 0 Å². The van der Waals surface area contributed by atoms with Gasteiger partial charge in [-0.15, -0.1) is 11.3 Å². The van der Waals surface area contributed by atoms with Crippen molar-refractivity contribution in [1.29, 1.82) is 0 Å². The van der Waals surface area contributed by atoms with E-state index in [4.69, 9.17) is 0 Å². The van der Waals surface area contributed by atoms with Crippen LogP contribution < -0.4 is 10.6 Å². The summed E-state index contributed by atoms with van der Waals surface area (Å²) in [7, 11) is 0. The number of nitrogens with one attached hydrogen (secondary N) is 2. The molecule has 7 heteroatoms. The van der Waals surface area contributed by atoms with Gasteiger partial charge >= 0.3 is 6.03 Å². The first-order valence-electron chi connectivity index (χ1n) is 10.0. The molecule has 4 rings (SSSR count). The maximum absolute atomic E-state index is 12.7. The van der Waals surface area contributed by atoms with Gasteiger partial charge in [0.05, 0.1) is 5.69 Å². The summed E-state index contributed by atoms with van der Waals surface area (Å²) in [6, 6.07) is 17.4. The van der Waals surface area contributed by atoms with Crippen molar-refractivity contribution in [1.82, 2.24) is 9.88 Å².